The molecule has 0 unspecified atom stereocenters. The quantitative estimate of drug-likeness (QED) is 0.631. The van der Waals surface area contributed by atoms with Crippen LogP contribution < -0.4 is 10.1 Å². The SMILES string of the molecule is O=C(NCCCOc1ccccc1)c1cn[nH]c1-c1ccc(Cl)cc1. The molecule has 0 spiro atoms. The van der Waals surface area contributed by atoms with Crippen molar-refractivity contribution in [1.82, 2.24) is 15.5 Å². The van der Waals surface area contributed by atoms with Crippen LogP contribution in [0.1, 0.15) is 16.8 Å². The summed E-state index contributed by atoms with van der Waals surface area (Å²) >= 11 is 5.90. The third-order valence-corrected chi connectivity index (χ3v) is 3.89. The highest BCUT2D eigenvalue weighted by Gasteiger charge is 2.14. The van der Waals surface area contributed by atoms with E-state index >= 15 is 0 Å². The average Bonchev–Trinajstić information content (AvgIpc) is 3.12. The van der Waals surface area contributed by atoms with Gasteiger partial charge in [0.25, 0.3) is 5.91 Å². The monoisotopic (exact) mass is 355 g/mol. The second-order valence-corrected chi connectivity index (χ2v) is 5.87. The number of aromatic nitrogens is 2. The van der Waals surface area contributed by atoms with Gasteiger partial charge in [0.05, 0.1) is 24.1 Å². The van der Waals surface area contributed by atoms with Gasteiger partial charge in [-0.3, -0.25) is 9.89 Å². The van der Waals surface area contributed by atoms with Crippen LogP contribution in [0, 0.1) is 0 Å². The minimum atomic E-state index is -0.168. The molecule has 0 aliphatic heterocycles. The zero-order chi connectivity index (χ0) is 17.5. The molecule has 128 valence electrons. The number of hydrogen-bond acceptors (Lipinski definition) is 3. The lowest BCUT2D eigenvalue weighted by Gasteiger charge is -2.08. The Morgan fingerprint density at radius 1 is 1.12 bits per heavy atom. The molecule has 3 aromatic rings. The van der Waals surface area contributed by atoms with Crippen LogP contribution in [0.3, 0.4) is 0 Å². The first-order chi connectivity index (χ1) is 12.2. The highest BCUT2D eigenvalue weighted by atomic mass is 35.5. The van der Waals surface area contributed by atoms with Crippen molar-refractivity contribution in [2.75, 3.05) is 13.2 Å². The highest BCUT2D eigenvalue weighted by Crippen LogP contribution is 2.22. The minimum absolute atomic E-state index is 0.168. The predicted octanol–water partition coefficient (Wildman–Crippen LogP) is 3.93. The van der Waals surface area contributed by atoms with E-state index in [1.165, 1.54) is 6.20 Å². The first-order valence-electron chi connectivity index (χ1n) is 7.99. The van der Waals surface area contributed by atoms with Gasteiger partial charge in [0.2, 0.25) is 0 Å². The molecule has 0 bridgehead atoms. The summed E-state index contributed by atoms with van der Waals surface area (Å²) in [4.78, 5) is 12.4. The normalized spacial score (nSPS) is 10.4. The zero-order valence-electron chi connectivity index (χ0n) is 13.5. The lowest BCUT2D eigenvalue weighted by molar-refractivity contribution is 0.0952. The molecule has 1 heterocycles. The molecule has 0 saturated carbocycles. The molecule has 0 fully saturated rings. The third-order valence-electron chi connectivity index (χ3n) is 3.64. The number of carbonyl (C=O) groups excluding carboxylic acids is 1. The molecule has 0 saturated heterocycles. The second kappa shape index (κ2) is 8.35. The Labute approximate surface area is 151 Å². The van der Waals surface area contributed by atoms with Gasteiger partial charge in [-0.15, -0.1) is 0 Å². The van der Waals surface area contributed by atoms with Crippen LogP contribution in [0.2, 0.25) is 5.02 Å². The van der Waals surface area contributed by atoms with E-state index in [0.717, 1.165) is 17.7 Å². The highest BCUT2D eigenvalue weighted by molar-refractivity contribution is 6.30. The largest absolute Gasteiger partial charge is 0.494 e. The number of aromatic amines is 1. The number of nitrogens with zero attached hydrogens (tertiary/aromatic N) is 1. The maximum absolute atomic E-state index is 12.4. The number of nitrogens with one attached hydrogen (secondary N) is 2. The summed E-state index contributed by atoms with van der Waals surface area (Å²) in [5, 5.41) is 10.4. The van der Waals surface area contributed by atoms with E-state index in [1.54, 1.807) is 12.1 Å². The molecule has 5 nitrogen and oxygen atoms in total. The van der Waals surface area contributed by atoms with Gasteiger partial charge in [-0.05, 0) is 30.7 Å². The van der Waals surface area contributed by atoms with Crippen molar-refractivity contribution in [3.05, 3.63) is 71.4 Å². The molecule has 3 rings (SSSR count). The van der Waals surface area contributed by atoms with E-state index < -0.39 is 0 Å². The fourth-order valence-corrected chi connectivity index (χ4v) is 2.50. The van der Waals surface area contributed by atoms with Crippen molar-refractivity contribution in [3.8, 4) is 17.0 Å². The Bertz CT molecular complexity index is 816. The first kappa shape index (κ1) is 17.0. The van der Waals surface area contributed by atoms with Crippen molar-refractivity contribution >= 4 is 17.5 Å². The van der Waals surface area contributed by atoms with Gasteiger partial charge in [0.15, 0.2) is 0 Å². The number of amides is 1. The summed E-state index contributed by atoms with van der Waals surface area (Å²) in [6, 6.07) is 16.9. The molecular formula is C19H18ClN3O2. The summed E-state index contributed by atoms with van der Waals surface area (Å²) in [6.45, 7) is 1.07. The first-order valence-corrected chi connectivity index (χ1v) is 8.37. The van der Waals surface area contributed by atoms with Crippen molar-refractivity contribution in [2.45, 2.75) is 6.42 Å². The lowest BCUT2D eigenvalue weighted by Crippen LogP contribution is -2.25. The Kier molecular flexibility index (Phi) is 5.69. The number of carbonyl (C=O) groups is 1. The van der Waals surface area contributed by atoms with Crippen molar-refractivity contribution in [2.24, 2.45) is 0 Å². The Hall–Kier alpha value is -2.79. The fraction of sp³-hybridized carbons (Fsp3) is 0.158. The summed E-state index contributed by atoms with van der Waals surface area (Å²) < 4.78 is 5.60. The molecule has 25 heavy (non-hydrogen) atoms. The van der Waals surface area contributed by atoms with Crippen LogP contribution in [-0.4, -0.2) is 29.3 Å². The van der Waals surface area contributed by atoms with Crippen LogP contribution in [0.4, 0.5) is 0 Å². The summed E-state index contributed by atoms with van der Waals surface area (Å²) in [5.74, 6) is 0.659. The Morgan fingerprint density at radius 2 is 1.88 bits per heavy atom. The number of para-hydroxylation sites is 1. The van der Waals surface area contributed by atoms with E-state index in [2.05, 4.69) is 15.5 Å². The van der Waals surface area contributed by atoms with Gasteiger partial charge in [0, 0.05) is 17.1 Å². The molecule has 0 aliphatic rings. The molecule has 0 atom stereocenters. The van der Waals surface area contributed by atoms with Gasteiger partial charge in [-0.1, -0.05) is 41.9 Å². The molecule has 6 heteroatoms. The van der Waals surface area contributed by atoms with E-state index in [1.807, 2.05) is 42.5 Å². The van der Waals surface area contributed by atoms with Crippen molar-refractivity contribution in [3.63, 3.8) is 0 Å². The smallest absolute Gasteiger partial charge is 0.255 e. The number of rotatable bonds is 7. The van der Waals surface area contributed by atoms with Gasteiger partial charge < -0.3 is 10.1 Å². The molecule has 1 aromatic heterocycles. The molecule has 0 radical (unpaired) electrons. The van der Waals surface area contributed by atoms with E-state index in [4.69, 9.17) is 16.3 Å². The fourth-order valence-electron chi connectivity index (χ4n) is 2.37. The Morgan fingerprint density at radius 3 is 2.64 bits per heavy atom. The van der Waals surface area contributed by atoms with Crippen LogP contribution in [0.25, 0.3) is 11.3 Å². The van der Waals surface area contributed by atoms with Crippen LogP contribution in [0.15, 0.2) is 60.8 Å². The summed E-state index contributed by atoms with van der Waals surface area (Å²) in [6.07, 6.45) is 2.24. The maximum atomic E-state index is 12.4. The van der Waals surface area contributed by atoms with Gasteiger partial charge in [-0.25, -0.2) is 0 Å². The standard InChI is InChI=1S/C19H18ClN3O2/c20-15-9-7-14(8-10-15)18-17(13-22-23-18)19(24)21-11-4-12-25-16-5-2-1-3-6-16/h1-3,5-10,13H,4,11-12H2,(H,21,24)(H,22,23). The van der Waals surface area contributed by atoms with Gasteiger partial charge in [-0.2, -0.15) is 5.10 Å². The molecule has 2 N–H and O–H groups in total. The molecule has 0 aliphatic carbocycles. The number of halogens is 1. The van der Waals surface area contributed by atoms with E-state index in [0.29, 0.717) is 29.4 Å². The van der Waals surface area contributed by atoms with E-state index in [9.17, 15) is 4.79 Å². The topological polar surface area (TPSA) is 67.0 Å². The Balaban J connectivity index is 1.50. The zero-order valence-corrected chi connectivity index (χ0v) is 14.3. The molecule has 2 aromatic carbocycles. The summed E-state index contributed by atoms with van der Waals surface area (Å²) in [7, 11) is 0. The number of benzene rings is 2. The van der Waals surface area contributed by atoms with Gasteiger partial charge >= 0.3 is 0 Å². The summed E-state index contributed by atoms with van der Waals surface area (Å²) in [5.41, 5.74) is 2.04. The number of H-pyrrole nitrogens is 1. The van der Waals surface area contributed by atoms with Crippen LogP contribution >= 0.6 is 11.6 Å². The van der Waals surface area contributed by atoms with Crippen molar-refractivity contribution in [1.29, 1.82) is 0 Å². The number of hydrogen-bond donors (Lipinski definition) is 2. The van der Waals surface area contributed by atoms with Gasteiger partial charge in [0.1, 0.15) is 5.75 Å². The van der Waals surface area contributed by atoms with Crippen LogP contribution in [0.5, 0.6) is 5.75 Å². The van der Waals surface area contributed by atoms with Crippen molar-refractivity contribution < 1.29 is 9.53 Å². The third kappa shape index (κ3) is 4.61. The minimum Gasteiger partial charge on any atom is -0.494 e. The second-order valence-electron chi connectivity index (χ2n) is 5.44. The average molecular weight is 356 g/mol. The van der Waals surface area contributed by atoms with Crippen LogP contribution in [-0.2, 0) is 0 Å². The molecule has 1 amide bonds. The van der Waals surface area contributed by atoms with E-state index in [-0.39, 0.29) is 5.91 Å². The maximum Gasteiger partial charge on any atom is 0.255 e. The lowest BCUT2D eigenvalue weighted by atomic mass is 10.1. The predicted molar refractivity (Wildman–Crippen MR) is 97.9 cm³/mol. The number of ether oxygens (including phenoxy) is 1. The molecular weight excluding hydrogens is 338 g/mol.